The van der Waals surface area contributed by atoms with Crippen molar-refractivity contribution in [2.45, 2.75) is 33.1 Å². The number of rotatable bonds is 1. The largest absolute Gasteiger partial charge is 0.506 e. The van der Waals surface area contributed by atoms with E-state index in [2.05, 4.69) is 22.0 Å². The van der Waals surface area contributed by atoms with Gasteiger partial charge >= 0.3 is 0 Å². The summed E-state index contributed by atoms with van der Waals surface area (Å²) < 4.78 is 0.681. The van der Waals surface area contributed by atoms with Crippen LogP contribution in [0.3, 0.4) is 0 Å². The first-order valence-electron chi connectivity index (χ1n) is 4.71. The minimum Gasteiger partial charge on any atom is -0.506 e. The minimum atomic E-state index is -0.537. The van der Waals surface area contributed by atoms with Crippen molar-refractivity contribution in [2.75, 3.05) is 0 Å². The molecule has 3 heteroatoms. The van der Waals surface area contributed by atoms with Crippen LogP contribution in [-0.4, -0.2) is 5.11 Å². The molecule has 0 saturated carbocycles. The Bertz CT molecular complexity index is 444. The number of nitriles is 1. The molecule has 0 heterocycles. The molecule has 0 unspecified atom stereocenters. The first-order valence-corrected chi connectivity index (χ1v) is 5.51. The van der Waals surface area contributed by atoms with E-state index in [1.165, 1.54) is 0 Å². The van der Waals surface area contributed by atoms with Crippen LogP contribution >= 0.6 is 15.9 Å². The Morgan fingerprint density at radius 2 is 1.93 bits per heavy atom. The number of hydrogen-bond donors (Lipinski definition) is 1. The number of phenolic OH excluding ortho intramolecular Hbond substituents is 1. The van der Waals surface area contributed by atoms with Gasteiger partial charge in [-0.2, -0.15) is 5.26 Å². The van der Waals surface area contributed by atoms with Gasteiger partial charge in [0.15, 0.2) is 0 Å². The molecule has 0 spiro atoms. The third-order valence-electron chi connectivity index (χ3n) is 2.63. The summed E-state index contributed by atoms with van der Waals surface area (Å²) in [5, 5.41) is 18.8. The zero-order valence-electron chi connectivity index (χ0n) is 9.35. The van der Waals surface area contributed by atoms with Crippen LogP contribution in [-0.2, 0) is 5.41 Å². The number of hydrogen-bond acceptors (Lipinski definition) is 2. The highest BCUT2D eigenvalue weighted by atomic mass is 79.9. The van der Waals surface area contributed by atoms with Gasteiger partial charge in [-0.1, -0.05) is 6.07 Å². The third-order valence-corrected chi connectivity index (χ3v) is 3.60. The zero-order chi connectivity index (χ0) is 11.8. The second-order valence-electron chi connectivity index (χ2n) is 4.27. The maximum Gasteiger partial charge on any atom is 0.132 e. The van der Waals surface area contributed by atoms with Gasteiger partial charge in [-0.3, -0.25) is 0 Å². The molecule has 0 atom stereocenters. The molecule has 1 aromatic rings. The maximum absolute atomic E-state index is 9.72. The van der Waals surface area contributed by atoms with Crippen LogP contribution in [0.5, 0.6) is 5.75 Å². The number of phenols is 1. The average molecular weight is 268 g/mol. The lowest BCUT2D eigenvalue weighted by Crippen LogP contribution is -2.16. The van der Waals surface area contributed by atoms with Crippen LogP contribution in [0.2, 0.25) is 0 Å². The van der Waals surface area contributed by atoms with Crippen molar-refractivity contribution in [3.63, 3.8) is 0 Å². The quantitative estimate of drug-likeness (QED) is 0.846. The van der Waals surface area contributed by atoms with E-state index < -0.39 is 5.41 Å². The molecule has 0 aliphatic heterocycles. The predicted octanol–water partition coefficient (Wildman–Crippen LogP) is 3.57. The molecule has 0 aliphatic rings. The molecule has 0 aliphatic carbocycles. The molecular weight excluding hydrogens is 254 g/mol. The molecule has 1 N–H and O–H groups in total. The highest BCUT2D eigenvalue weighted by Crippen LogP contribution is 2.37. The van der Waals surface area contributed by atoms with Crippen molar-refractivity contribution >= 4 is 15.9 Å². The summed E-state index contributed by atoms with van der Waals surface area (Å²) in [5.41, 5.74) is 2.12. The lowest BCUT2D eigenvalue weighted by atomic mass is 9.82. The monoisotopic (exact) mass is 267 g/mol. The van der Waals surface area contributed by atoms with Crippen molar-refractivity contribution in [3.8, 4) is 11.8 Å². The first kappa shape index (κ1) is 12.1. The second-order valence-corrected chi connectivity index (χ2v) is 5.06. The fourth-order valence-corrected chi connectivity index (χ4v) is 2.10. The van der Waals surface area contributed by atoms with Crippen molar-refractivity contribution in [2.24, 2.45) is 0 Å². The fourth-order valence-electron chi connectivity index (χ4n) is 1.57. The van der Waals surface area contributed by atoms with Gasteiger partial charge in [0.1, 0.15) is 5.75 Å². The summed E-state index contributed by atoms with van der Waals surface area (Å²) in [7, 11) is 0. The second kappa shape index (κ2) is 3.86. The van der Waals surface area contributed by atoms with E-state index in [-0.39, 0.29) is 5.75 Å². The molecule has 0 saturated heterocycles. The van der Waals surface area contributed by atoms with E-state index >= 15 is 0 Å². The summed E-state index contributed by atoms with van der Waals surface area (Å²) >= 11 is 3.34. The van der Waals surface area contributed by atoms with Crippen LogP contribution in [0.25, 0.3) is 0 Å². The number of halogens is 1. The Hall–Kier alpha value is -1.01. The van der Waals surface area contributed by atoms with Gasteiger partial charge in [0.05, 0.1) is 16.0 Å². The summed E-state index contributed by atoms with van der Waals surface area (Å²) in [6.07, 6.45) is 0. The van der Waals surface area contributed by atoms with Crippen molar-refractivity contribution < 1.29 is 5.11 Å². The number of benzene rings is 1. The lowest BCUT2D eigenvalue weighted by molar-refractivity contribution is 0.466. The molecule has 1 aromatic carbocycles. The van der Waals surface area contributed by atoms with Gasteiger partial charge in [-0.05, 0) is 60.3 Å². The van der Waals surface area contributed by atoms with E-state index in [1.54, 1.807) is 0 Å². The van der Waals surface area contributed by atoms with E-state index in [0.717, 1.165) is 16.7 Å². The third kappa shape index (κ3) is 2.00. The number of nitrogens with zero attached hydrogens (tertiary/aromatic N) is 1. The van der Waals surface area contributed by atoms with Crippen LogP contribution in [0.1, 0.15) is 30.5 Å². The predicted molar refractivity (Wildman–Crippen MR) is 63.9 cm³/mol. The highest BCUT2D eigenvalue weighted by Gasteiger charge is 2.24. The smallest absolute Gasteiger partial charge is 0.132 e. The van der Waals surface area contributed by atoms with E-state index in [1.807, 2.05) is 33.8 Å². The van der Waals surface area contributed by atoms with Crippen molar-refractivity contribution in [3.05, 3.63) is 27.2 Å². The topological polar surface area (TPSA) is 44.0 Å². The van der Waals surface area contributed by atoms with E-state index in [0.29, 0.717) is 4.47 Å². The van der Waals surface area contributed by atoms with E-state index in [4.69, 9.17) is 5.26 Å². The van der Waals surface area contributed by atoms with Gasteiger partial charge in [0.2, 0.25) is 0 Å². The van der Waals surface area contributed by atoms with Crippen LogP contribution in [0, 0.1) is 25.2 Å². The van der Waals surface area contributed by atoms with E-state index in [9.17, 15) is 5.11 Å². The molecular formula is C12H14BrNO. The first-order chi connectivity index (χ1) is 6.81. The summed E-state index contributed by atoms with van der Waals surface area (Å²) in [6.45, 7) is 7.48. The Balaban J connectivity index is 3.54. The van der Waals surface area contributed by atoms with Gasteiger partial charge in [-0.25, -0.2) is 0 Å². The molecule has 2 nitrogen and oxygen atoms in total. The maximum atomic E-state index is 9.72. The highest BCUT2D eigenvalue weighted by molar-refractivity contribution is 9.10. The molecule has 1 rings (SSSR count). The molecule has 0 aromatic heterocycles. The fraction of sp³-hybridized carbons (Fsp3) is 0.417. The lowest BCUT2D eigenvalue weighted by Gasteiger charge is -2.21. The van der Waals surface area contributed by atoms with Gasteiger partial charge in [0.25, 0.3) is 0 Å². The van der Waals surface area contributed by atoms with Crippen LogP contribution in [0.4, 0.5) is 0 Å². The summed E-state index contributed by atoms with van der Waals surface area (Å²) in [5.74, 6) is 0.255. The average Bonchev–Trinajstić information content (AvgIpc) is 2.20. The Labute approximate surface area is 98.7 Å². The SMILES string of the molecule is Cc1cc(C(C)(C)C#N)c(C)c(Br)c1O. The Morgan fingerprint density at radius 3 is 2.40 bits per heavy atom. The van der Waals surface area contributed by atoms with Crippen molar-refractivity contribution in [1.29, 1.82) is 5.26 Å². The molecule has 80 valence electrons. The normalized spacial score (nSPS) is 11.2. The van der Waals surface area contributed by atoms with Gasteiger partial charge in [-0.15, -0.1) is 0 Å². The zero-order valence-corrected chi connectivity index (χ0v) is 10.9. The summed E-state index contributed by atoms with van der Waals surface area (Å²) in [4.78, 5) is 0. The molecule has 0 fully saturated rings. The minimum absolute atomic E-state index is 0.255. The molecule has 0 radical (unpaired) electrons. The number of aryl methyl sites for hydroxylation is 1. The van der Waals surface area contributed by atoms with Crippen molar-refractivity contribution in [1.82, 2.24) is 0 Å². The standard InChI is InChI=1S/C12H14BrNO/c1-7-5-9(12(3,4)6-14)8(2)10(13)11(7)15/h5,15H,1-4H3. The molecule has 15 heavy (non-hydrogen) atoms. The summed E-state index contributed by atoms with van der Waals surface area (Å²) in [6, 6.07) is 4.14. The Kier molecular flexibility index (Phi) is 3.11. The molecule has 0 bridgehead atoms. The van der Waals surface area contributed by atoms with Crippen LogP contribution in [0.15, 0.2) is 10.5 Å². The van der Waals surface area contributed by atoms with Gasteiger partial charge < -0.3 is 5.11 Å². The van der Waals surface area contributed by atoms with Crippen LogP contribution < -0.4 is 0 Å². The number of aromatic hydroxyl groups is 1. The Morgan fingerprint density at radius 1 is 1.40 bits per heavy atom. The van der Waals surface area contributed by atoms with Gasteiger partial charge in [0, 0.05) is 0 Å². The molecule has 0 amide bonds.